The lowest BCUT2D eigenvalue weighted by atomic mass is 9.57. The van der Waals surface area contributed by atoms with E-state index < -0.39 is 5.60 Å². The van der Waals surface area contributed by atoms with Gasteiger partial charge >= 0.3 is 0 Å². The van der Waals surface area contributed by atoms with Crippen molar-refractivity contribution in [1.29, 1.82) is 0 Å². The first-order valence-electron chi connectivity index (χ1n) is 7.41. The molecule has 0 spiro atoms. The summed E-state index contributed by atoms with van der Waals surface area (Å²) in [6, 6.07) is 8.19. The fraction of sp³-hybridized carbons (Fsp3) is 0.647. The number of nitrogens with two attached hydrogens (primary N) is 1. The molecule has 1 saturated carbocycles. The Bertz CT molecular complexity index is 454. The van der Waals surface area contributed by atoms with Gasteiger partial charge in [-0.3, -0.25) is 0 Å². The second kappa shape index (κ2) is 5.58. The molecule has 1 fully saturated rings. The minimum Gasteiger partial charge on any atom is -0.385 e. The van der Waals surface area contributed by atoms with Crippen LogP contribution in [-0.4, -0.2) is 11.7 Å². The SMILES string of the molecule is CC1(C)CCC(CN)(C(C)(O)c2ccc(I)cc2)CC1. The summed E-state index contributed by atoms with van der Waals surface area (Å²) in [7, 11) is 0. The molecule has 1 aromatic carbocycles. The predicted molar refractivity (Wildman–Crippen MR) is 92.5 cm³/mol. The molecule has 0 amide bonds. The number of benzene rings is 1. The lowest BCUT2D eigenvalue weighted by Gasteiger charge is -2.51. The lowest BCUT2D eigenvalue weighted by molar-refractivity contribution is -0.105. The molecule has 3 heteroatoms. The molecule has 3 N–H and O–H groups in total. The molecular formula is C17H26INO. The Morgan fingerprint density at radius 2 is 1.65 bits per heavy atom. The molecule has 20 heavy (non-hydrogen) atoms. The second-order valence-corrected chi connectivity index (χ2v) is 8.47. The van der Waals surface area contributed by atoms with E-state index in [9.17, 15) is 5.11 Å². The minimum absolute atomic E-state index is 0.199. The largest absolute Gasteiger partial charge is 0.385 e. The van der Waals surface area contributed by atoms with Crippen molar-refractivity contribution in [3.05, 3.63) is 33.4 Å². The molecule has 0 heterocycles. The van der Waals surface area contributed by atoms with Gasteiger partial charge in [0.15, 0.2) is 0 Å². The molecule has 2 rings (SSSR count). The van der Waals surface area contributed by atoms with Crippen LogP contribution < -0.4 is 5.73 Å². The van der Waals surface area contributed by atoms with Gasteiger partial charge in [0.05, 0.1) is 5.60 Å². The highest BCUT2D eigenvalue weighted by Crippen LogP contribution is 2.53. The Labute approximate surface area is 136 Å². The van der Waals surface area contributed by atoms with Crippen LogP contribution in [0.5, 0.6) is 0 Å². The number of rotatable bonds is 3. The zero-order chi connectivity index (χ0) is 15.0. The number of hydrogen-bond acceptors (Lipinski definition) is 2. The topological polar surface area (TPSA) is 46.2 Å². The van der Waals surface area contributed by atoms with Gasteiger partial charge in [0.2, 0.25) is 0 Å². The van der Waals surface area contributed by atoms with E-state index in [2.05, 4.69) is 48.6 Å². The van der Waals surface area contributed by atoms with Gasteiger partial charge in [-0.05, 0) is 78.3 Å². The average molecular weight is 387 g/mol. The first-order chi connectivity index (χ1) is 9.22. The monoisotopic (exact) mass is 387 g/mol. The number of aliphatic hydroxyl groups is 1. The molecule has 1 unspecified atom stereocenters. The fourth-order valence-electron chi connectivity index (χ4n) is 3.38. The van der Waals surface area contributed by atoms with Crippen molar-refractivity contribution in [2.24, 2.45) is 16.6 Å². The maximum absolute atomic E-state index is 11.2. The van der Waals surface area contributed by atoms with E-state index in [0.29, 0.717) is 12.0 Å². The smallest absolute Gasteiger partial charge is 0.0936 e. The lowest BCUT2D eigenvalue weighted by Crippen LogP contribution is -2.51. The summed E-state index contributed by atoms with van der Waals surface area (Å²) in [6.07, 6.45) is 4.25. The van der Waals surface area contributed by atoms with Crippen molar-refractivity contribution in [3.63, 3.8) is 0 Å². The second-order valence-electron chi connectivity index (χ2n) is 7.23. The van der Waals surface area contributed by atoms with Crippen LogP contribution in [0.3, 0.4) is 0 Å². The zero-order valence-electron chi connectivity index (χ0n) is 12.7. The van der Waals surface area contributed by atoms with Gasteiger partial charge in [-0.1, -0.05) is 26.0 Å². The van der Waals surface area contributed by atoms with Gasteiger partial charge < -0.3 is 10.8 Å². The van der Waals surface area contributed by atoms with Crippen molar-refractivity contribution in [1.82, 2.24) is 0 Å². The zero-order valence-corrected chi connectivity index (χ0v) is 14.9. The standard InChI is InChI=1S/C17H26INO/c1-15(2)8-10-17(12-19,11-9-15)16(3,20)13-4-6-14(18)7-5-13/h4-7,20H,8-12,19H2,1-3H3. The molecule has 0 aliphatic heterocycles. The summed E-state index contributed by atoms with van der Waals surface area (Å²) in [5.41, 5.74) is 6.43. The molecule has 1 aliphatic carbocycles. The quantitative estimate of drug-likeness (QED) is 0.769. The van der Waals surface area contributed by atoms with E-state index in [1.54, 1.807) is 0 Å². The summed E-state index contributed by atoms with van der Waals surface area (Å²) >= 11 is 2.29. The Balaban J connectivity index is 2.32. The van der Waals surface area contributed by atoms with Gasteiger partial charge in [0.1, 0.15) is 0 Å². The van der Waals surface area contributed by atoms with Crippen molar-refractivity contribution < 1.29 is 5.11 Å². The summed E-state index contributed by atoms with van der Waals surface area (Å²) in [5.74, 6) is 0. The van der Waals surface area contributed by atoms with Gasteiger partial charge in [-0.2, -0.15) is 0 Å². The van der Waals surface area contributed by atoms with Gasteiger partial charge in [0.25, 0.3) is 0 Å². The highest BCUT2D eigenvalue weighted by Gasteiger charge is 2.50. The molecule has 1 aliphatic rings. The maximum Gasteiger partial charge on any atom is 0.0936 e. The molecule has 0 aromatic heterocycles. The first kappa shape index (κ1) is 16.2. The normalized spacial score (nSPS) is 24.1. The Morgan fingerprint density at radius 1 is 1.15 bits per heavy atom. The van der Waals surface area contributed by atoms with Crippen LogP contribution in [0.25, 0.3) is 0 Å². The van der Waals surface area contributed by atoms with E-state index >= 15 is 0 Å². The van der Waals surface area contributed by atoms with E-state index in [1.165, 1.54) is 3.57 Å². The highest BCUT2D eigenvalue weighted by atomic mass is 127. The molecule has 112 valence electrons. The Hall–Kier alpha value is -0.130. The van der Waals surface area contributed by atoms with Crippen LogP contribution in [-0.2, 0) is 5.60 Å². The van der Waals surface area contributed by atoms with Gasteiger partial charge in [-0.25, -0.2) is 0 Å². The molecule has 2 nitrogen and oxygen atoms in total. The minimum atomic E-state index is -0.859. The van der Waals surface area contributed by atoms with Crippen LogP contribution in [0.4, 0.5) is 0 Å². The van der Waals surface area contributed by atoms with Crippen molar-refractivity contribution in [2.45, 2.75) is 52.1 Å². The molecule has 0 bridgehead atoms. The van der Waals surface area contributed by atoms with Crippen LogP contribution in [0, 0.1) is 14.4 Å². The molecule has 1 atom stereocenters. The average Bonchev–Trinajstić information content (AvgIpc) is 2.39. The van der Waals surface area contributed by atoms with Crippen LogP contribution in [0.15, 0.2) is 24.3 Å². The van der Waals surface area contributed by atoms with Crippen LogP contribution >= 0.6 is 22.6 Å². The molecule has 1 aromatic rings. The highest BCUT2D eigenvalue weighted by molar-refractivity contribution is 14.1. The summed E-state index contributed by atoms with van der Waals surface area (Å²) in [4.78, 5) is 0. The summed E-state index contributed by atoms with van der Waals surface area (Å²) in [5, 5.41) is 11.2. The van der Waals surface area contributed by atoms with E-state index in [4.69, 9.17) is 5.73 Å². The third-order valence-electron chi connectivity index (χ3n) is 5.39. The Kier molecular flexibility index (Phi) is 4.53. The van der Waals surface area contributed by atoms with E-state index in [1.807, 2.05) is 19.1 Å². The maximum atomic E-state index is 11.2. The molecular weight excluding hydrogens is 361 g/mol. The first-order valence-corrected chi connectivity index (χ1v) is 8.49. The predicted octanol–water partition coefficient (Wildman–Crippen LogP) is 4.04. The molecule has 0 saturated heterocycles. The Morgan fingerprint density at radius 3 is 2.10 bits per heavy atom. The van der Waals surface area contributed by atoms with Crippen molar-refractivity contribution in [3.8, 4) is 0 Å². The van der Waals surface area contributed by atoms with Crippen molar-refractivity contribution >= 4 is 22.6 Å². The number of hydrogen-bond donors (Lipinski definition) is 2. The van der Waals surface area contributed by atoms with Gasteiger partial charge in [-0.15, -0.1) is 0 Å². The summed E-state index contributed by atoms with van der Waals surface area (Å²) < 4.78 is 1.19. The number of halogens is 1. The van der Waals surface area contributed by atoms with E-state index in [0.717, 1.165) is 31.2 Å². The summed E-state index contributed by atoms with van der Waals surface area (Å²) in [6.45, 7) is 7.11. The third kappa shape index (κ3) is 2.90. The van der Waals surface area contributed by atoms with Crippen LogP contribution in [0.2, 0.25) is 0 Å². The fourth-order valence-corrected chi connectivity index (χ4v) is 3.74. The van der Waals surface area contributed by atoms with Gasteiger partial charge in [0, 0.05) is 15.5 Å². The van der Waals surface area contributed by atoms with Crippen molar-refractivity contribution in [2.75, 3.05) is 6.54 Å². The van der Waals surface area contributed by atoms with E-state index in [-0.39, 0.29) is 5.41 Å². The third-order valence-corrected chi connectivity index (χ3v) is 6.11. The van der Waals surface area contributed by atoms with Crippen LogP contribution in [0.1, 0.15) is 52.0 Å². The molecule has 0 radical (unpaired) electrons.